The van der Waals surface area contributed by atoms with E-state index in [1.54, 1.807) is 0 Å². The molecule has 0 amide bonds. The van der Waals surface area contributed by atoms with Crippen LogP contribution in [0.1, 0.15) is 12.8 Å². The lowest BCUT2D eigenvalue weighted by Crippen LogP contribution is -2.42. The summed E-state index contributed by atoms with van der Waals surface area (Å²) in [6.45, 7) is 1.05. The van der Waals surface area contributed by atoms with Crippen molar-refractivity contribution in [1.82, 2.24) is 4.98 Å². The van der Waals surface area contributed by atoms with E-state index in [-0.39, 0.29) is 0 Å². The van der Waals surface area contributed by atoms with Gasteiger partial charge in [0.1, 0.15) is 5.82 Å². The van der Waals surface area contributed by atoms with Gasteiger partial charge >= 0.3 is 0 Å². The summed E-state index contributed by atoms with van der Waals surface area (Å²) < 4.78 is 0. The molecule has 3 nitrogen and oxygen atoms in total. The first-order valence-corrected chi connectivity index (χ1v) is 6.54. The van der Waals surface area contributed by atoms with Crippen molar-refractivity contribution in [2.24, 2.45) is 11.7 Å². The SMILES string of the molecule is CN(CC1CC(N)C1)c1nccc2ccccc12. The Kier molecular flexibility index (Phi) is 2.92. The number of nitrogens with two attached hydrogens (primary N) is 1. The van der Waals surface area contributed by atoms with E-state index in [0.717, 1.165) is 31.1 Å². The monoisotopic (exact) mass is 241 g/mol. The van der Waals surface area contributed by atoms with Crippen LogP contribution in [0.5, 0.6) is 0 Å². The maximum absolute atomic E-state index is 5.84. The molecule has 0 saturated heterocycles. The molecule has 3 rings (SSSR count). The van der Waals surface area contributed by atoms with Crippen molar-refractivity contribution < 1.29 is 0 Å². The minimum absolute atomic E-state index is 0.420. The number of nitrogens with zero attached hydrogens (tertiary/aromatic N) is 2. The highest BCUT2D eigenvalue weighted by Gasteiger charge is 2.27. The molecule has 0 unspecified atom stereocenters. The molecule has 1 aliphatic carbocycles. The molecule has 1 aromatic carbocycles. The van der Waals surface area contributed by atoms with Crippen LogP contribution in [0.2, 0.25) is 0 Å². The molecule has 1 fully saturated rings. The zero-order valence-corrected chi connectivity index (χ0v) is 10.7. The maximum atomic E-state index is 5.84. The normalized spacial score (nSPS) is 22.8. The van der Waals surface area contributed by atoms with Gasteiger partial charge in [-0.3, -0.25) is 0 Å². The number of fused-ring (bicyclic) bond motifs is 1. The summed E-state index contributed by atoms with van der Waals surface area (Å²) in [5.41, 5.74) is 5.84. The molecule has 0 radical (unpaired) electrons. The Bertz CT molecular complexity index is 541. The van der Waals surface area contributed by atoms with Gasteiger partial charge in [-0.15, -0.1) is 0 Å². The van der Waals surface area contributed by atoms with Crippen LogP contribution in [-0.2, 0) is 0 Å². The summed E-state index contributed by atoms with van der Waals surface area (Å²) in [6, 6.07) is 10.9. The van der Waals surface area contributed by atoms with Gasteiger partial charge in [-0.05, 0) is 30.2 Å². The summed E-state index contributed by atoms with van der Waals surface area (Å²) in [6.07, 6.45) is 4.19. The third-order valence-corrected chi connectivity index (χ3v) is 3.82. The van der Waals surface area contributed by atoms with E-state index in [1.807, 2.05) is 6.20 Å². The van der Waals surface area contributed by atoms with E-state index in [0.29, 0.717) is 6.04 Å². The van der Waals surface area contributed by atoms with Gasteiger partial charge < -0.3 is 10.6 Å². The maximum Gasteiger partial charge on any atom is 0.136 e. The molecule has 2 N–H and O–H groups in total. The Balaban J connectivity index is 1.84. The van der Waals surface area contributed by atoms with Crippen LogP contribution < -0.4 is 10.6 Å². The van der Waals surface area contributed by atoms with Crippen LogP contribution >= 0.6 is 0 Å². The minimum atomic E-state index is 0.420. The Morgan fingerprint density at radius 1 is 1.28 bits per heavy atom. The molecule has 18 heavy (non-hydrogen) atoms. The summed E-state index contributed by atoms with van der Waals surface area (Å²) in [5.74, 6) is 1.80. The van der Waals surface area contributed by atoms with Crippen molar-refractivity contribution >= 4 is 16.6 Å². The van der Waals surface area contributed by atoms with Gasteiger partial charge in [0.15, 0.2) is 0 Å². The molecule has 2 aromatic rings. The second-order valence-electron chi connectivity index (χ2n) is 5.33. The average Bonchev–Trinajstić information content (AvgIpc) is 2.36. The predicted octanol–water partition coefficient (Wildman–Crippen LogP) is 2.41. The first-order valence-electron chi connectivity index (χ1n) is 6.54. The highest BCUT2D eigenvalue weighted by molar-refractivity contribution is 5.91. The minimum Gasteiger partial charge on any atom is -0.359 e. The van der Waals surface area contributed by atoms with Gasteiger partial charge in [0, 0.05) is 31.2 Å². The van der Waals surface area contributed by atoms with Gasteiger partial charge in [-0.2, -0.15) is 0 Å². The van der Waals surface area contributed by atoms with Crippen LogP contribution in [-0.4, -0.2) is 24.6 Å². The van der Waals surface area contributed by atoms with Gasteiger partial charge in [-0.1, -0.05) is 24.3 Å². The number of aromatic nitrogens is 1. The molecule has 94 valence electrons. The van der Waals surface area contributed by atoms with Gasteiger partial charge in [-0.25, -0.2) is 4.98 Å². The molecule has 0 aliphatic heterocycles. The van der Waals surface area contributed by atoms with Crippen LogP contribution in [0.3, 0.4) is 0 Å². The van der Waals surface area contributed by atoms with Crippen molar-refractivity contribution in [1.29, 1.82) is 0 Å². The lowest BCUT2D eigenvalue weighted by atomic mass is 9.80. The molecule has 1 heterocycles. The second-order valence-corrected chi connectivity index (χ2v) is 5.33. The summed E-state index contributed by atoms with van der Waals surface area (Å²) in [7, 11) is 2.12. The van der Waals surface area contributed by atoms with Gasteiger partial charge in [0.05, 0.1) is 0 Å². The summed E-state index contributed by atoms with van der Waals surface area (Å²) in [4.78, 5) is 6.79. The molecule has 1 aromatic heterocycles. The quantitative estimate of drug-likeness (QED) is 0.897. The van der Waals surface area contributed by atoms with E-state index >= 15 is 0 Å². The Labute approximate surface area is 108 Å². The van der Waals surface area contributed by atoms with Crippen molar-refractivity contribution in [3.05, 3.63) is 36.5 Å². The van der Waals surface area contributed by atoms with E-state index < -0.39 is 0 Å². The lowest BCUT2D eigenvalue weighted by molar-refractivity contribution is 0.271. The van der Waals surface area contributed by atoms with E-state index in [1.165, 1.54) is 10.8 Å². The fraction of sp³-hybridized carbons (Fsp3) is 0.400. The molecular formula is C15H19N3. The Morgan fingerprint density at radius 2 is 2.06 bits per heavy atom. The third kappa shape index (κ3) is 2.06. The van der Waals surface area contributed by atoms with E-state index in [9.17, 15) is 0 Å². The van der Waals surface area contributed by atoms with E-state index in [2.05, 4.69) is 47.3 Å². The molecule has 0 bridgehead atoms. The fourth-order valence-electron chi connectivity index (χ4n) is 2.82. The number of pyridine rings is 1. The molecule has 0 spiro atoms. The number of anilines is 1. The summed E-state index contributed by atoms with van der Waals surface area (Å²) >= 11 is 0. The second kappa shape index (κ2) is 4.58. The molecular weight excluding hydrogens is 222 g/mol. The molecule has 1 saturated carbocycles. The topological polar surface area (TPSA) is 42.1 Å². The molecule has 1 aliphatic rings. The Morgan fingerprint density at radius 3 is 2.83 bits per heavy atom. The van der Waals surface area contributed by atoms with Crippen LogP contribution in [0.4, 0.5) is 5.82 Å². The van der Waals surface area contributed by atoms with Crippen molar-refractivity contribution in [3.63, 3.8) is 0 Å². The predicted molar refractivity (Wildman–Crippen MR) is 75.7 cm³/mol. The zero-order valence-electron chi connectivity index (χ0n) is 10.7. The highest BCUT2D eigenvalue weighted by atomic mass is 15.2. The Hall–Kier alpha value is -1.61. The molecule has 3 heteroatoms. The zero-order chi connectivity index (χ0) is 12.5. The van der Waals surface area contributed by atoms with Crippen LogP contribution in [0, 0.1) is 5.92 Å². The van der Waals surface area contributed by atoms with Crippen LogP contribution in [0.25, 0.3) is 10.8 Å². The first kappa shape index (κ1) is 11.5. The van der Waals surface area contributed by atoms with Gasteiger partial charge in [0.2, 0.25) is 0 Å². The fourth-order valence-corrected chi connectivity index (χ4v) is 2.82. The van der Waals surface area contributed by atoms with E-state index in [4.69, 9.17) is 5.73 Å². The number of rotatable bonds is 3. The smallest absolute Gasteiger partial charge is 0.136 e. The first-order chi connectivity index (χ1) is 8.74. The third-order valence-electron chi connectivity index (χ3n) is 3.82. The van der Waals surface area contributed by atoms with Crippen molar-refractivity contribution in [2.45, 2.75) is 18.9 Å². The lowest BCUT2D eigenvalue weighted by Gasteiger charge is -2.35. The number of hydrogen-bond donors (Lipinski definition) is 1. The van der Waals surface area contributed by atoms with Crippen molar-refractivity contribution in [3.8, 4) is 0 Å². The van der Waals surface area contributed by atoms with Crippen LogP contribution in [0.15, 0.2) is 36.5 Å². The number of hydrogen-bond acceptors (Lipinski definition) is 3. The van der Waals surface area contributed by atoms with Crippen molar-refractivity contribution in [2.75, 3.05) is 18.5 Å². The average molecular weight is 241 g/mol. The molecule has 0 atom stereocenters. The number of benzene rings is 1. The standard InChI is InChI=1S/C15H19N3/c1-18(10-11-8-13(16)9-11)15-14-5-3-2-4-12(14)6-7-17-15/h2-7,11,13H,8-10,16H2,1H3. The van der Waals surface area contributed by atoms with Gasteiger partial charge in [0.25, 0.3) is 0 Å². The highest BCUT2D eigenvalue weighted by Crippen LogP contribution is 2.29. The summed E-state index contributed by atoms with van der Waals surface area (Å²) in [5, 5.41) is 2.48. The largest absolute Gasteiger partial charge is 0.359 e.